The monoisotopic (exact) mass is 468 g/mol. The van der Waals surface area contributed by atoms with E-state index in [1.165, 1.54) is 29.0 Å². The second-order valence-corrected chi connectivity index (χ2v) is 7.85. The van der Waals surface area contributed by atoms with Gasteiger partial charge in [0.05, 0.1) is 34.7 Å². The van der Waals surface area contributed by atoms with Crippen molar-refractivity contribution < 1.29 is 22.7 Å². The van der Waals surface area contributed by atoms with E-state index in [0.717, 1.165) is 12.1 Å². The fraction of sp³-hybridized carbons (Fsp3) is 0.217. The normalized spacial score (nSPS) is 18.1. The Kier molecular flexibility index (Phi) is 5.20. The van der Waals surface area contributed by atoms with Crippen molar-refractivity contribution in [2.24, 2.45) is 4.99 Å². The van der Waals surface area contributed by atoms with Crippen LogP contribution in [0.4, 0.5) is 29.3 Å². The first-order valence-electron chi connectivity index (χ1n) is 10.3. The van der Waals surface area contributed by atoms with E-state index in [-0.39, 0.29) is 12.2 Å². The molecule has 34 heavy (non-hydrogen) atoms. The molecule has 2 aliphatic rings. The summed E-state index contributed by atoms with van der Waals surface area (Å²) in [6, 6.07) is 7.73. The third kappa shape index (κ3) is 3.73. The molecule has 0 saturated heterocycles. The van der Waals surface area contributed by atoms with Gasteiger partial charge in [-0.2, -0.15) is 13.2 Å². The van der Waals surface area contributed by atoms with Gasteiger partial charge in [0.1, 0.15) is 5.52 Å². The van der Waals surface area contributed by atoms with Gasteiger partial charge in [-0.1, -0.05) is 6.07 Å². The minimum atomic E-state index is -4.55. The third-order valence-electron chi connectivity index (χ3n) is 5.59. The van der Waals surface area contributed by atoms with Crippen LogP contribution in [0, 0.1) is 0 Å². The molecule has 0 aliphatic carbocycles. The number of fused-ring (bicyclic) bond motifs is 3. The zero-order valence-corrected chi connectivity index (χ0v) is 18.2. The predicted octanol–water partition coefficient (Wildman–Crippen LogP) is 4.30. The molecule has 0 saturated carbocycles. The zero-order valence-electron chi connectivity index (χ0n) is 18.2. The van der Waals surface area contributed by atoms with Gasteiger partial charge in [0, 0.05) is 43.9 Å². The molecule has 5 rings (SSSR count). The van der Waals surface area contributed by atoms with Crippen LogP contribution in [0.25, 0.3) is 16.6 Å². The van der Waals surface area contributed by atoms with Crippen LogP contribution < -0.4 is 10.2 Å². The number of nitrogens with one attached hydrogen (secondary N) is 1. The van der Waals surface area contributed by atoms with Crippen molar-refractivity contribution in [2.75, 3.05) is 19.1 Å². The van der Waals surface area contributed by atoms with Gasteiger partial charge >= 0.3 is 12.2 Å². The largest absolute Gasteiger partial charge is 0.416 e. The maximum absolute atomic E-state index is 13.4. The van der Waals surface area contributed by atoms with Gasteiger partial charge in [-0.3, -0.25) is 9.88 Å². The van der Waals surface area contributed by atoms with Crippen LogP contribution in [0.1, 0.15) is 16.8 Å². The van der Waals surface area contributed by atoms with Crippen LogP contribution in [0.15, 0.2) is 53.8 Å². The summed E-state index contributed by atoms with van der Waals surface area (Å²) in [7, 11) is 3.11. The number of ether oxygens (including phenoxy) is 1. The molecule has 1 N–H and O–H groups in total. The molecule has 3 aromatic rings. The van der Waals surface area contributed by atoms with Gasteiger partial charge in [-0.15, -0.1) is 0 Å². The number of benzene rings is 1. The Bertz CT molecular complexity index is 1350. The highest BCUT2D eigenvalue weighted by Gasteiger charge is 2.35. The summed E-state index contributed by atoms with van der Waals surface area (Å²) in [6.45, 7) is 0.250. The van der Waals surface area contributed by atoms with Crippen molar-refractivity contribution >= 4 is 40.2 Å². The topological polar surface area (TPSA) is 83.0 Å². The molecule has 0 bridgehead atoms. The van der Waals surface area contributed by atoms with Crippen molar-refractivity contribution in [1.29, 1.82) is 0 Å². The number of methoxy groups -OCH3 is 1. The van der Waals surface area contributed by atoms with E-state index in [4.69, 9.17) is 9.72 Å². The number of carbonyl (C=O) groups is 1. The fourth-order valence-electron chi connectivity index (χ4n) is 3.93. The number of allylic oxidation sites excluding steroid dienone is 1. The van der Waals surface area contributed by atoms with E-state index in [1.807, 2.05) is 0 Å². The Morgan fingerprint density at radius 3 is 2.74 bits per heavy atom. The molecule has 174 valence electrons. The predicted molar refractivity (Wildman–Crippen MR) is 120 cm³/mol. The highest BCUT2D eigenvalue weighted by atomic mass is 19.4. The minimum Gasteiger partial charge on any atom is -0.347 e. The Morgan fingerprint density at radius 1 is 1.21 bits per heavy atom. The number of pyridine rings is 2. The molecule has 0 spiro atoms. The lowest BCUT2D eigenvalue weighted by Gasteiger charge is -2.35. The SMILES string of the molecule is COC1N=CC(c2ccc3ncc4c(c3n2)N(c2cccc(C(F)(F)F)c2)C(=O)N(C)C4)=CN1. The summed E-state index contributed by atoms with van der Waals surface area (Å²) in [5.74, 6) is 0. The number of hydrogen-bond acceptors (Lipinski definition) is 6. The molecule has 11 heteroatoms. The number of nitrogens with zero attached hydrogens (tertiary/aromatic N) is 5. The van der Waals surface area contributed by atoms with Crippen molar-refractivity contribution in [2.45, 2.75) is 19.1 Å². The summed E-state index contributed by atoms with van der Waals surface area (Å²) in [5.41, 5.74) is 2.47. The van der Waals surface area contributed by atoms with E-state index >= 15 is 0 Å². The zero-order chi connectivity index (χ0) is 24.0. The number of carbonyl (C=O) groups excluding carboxylic acids is 1. The first kappa shape index (κ1) is 21.8. The van der Waals surface area contributed by atoms with Crippen LogP contribution in [-0.2, 0) is 17.5 Å². The number of anilines is 2. The number of alkyl halides is 3. The number of urea groups is 1. The van der Waals surface area contributed by atoms with Crippen molar-refractivity contribution in [3.8, 4) is 0 Å². The Labute approximate surface area is 192 Å². The first-order valence-corrected chi connectivity index (χ1v) is 10.3. The van der Waals surface area contributed by atoms with Crippen molar-refractivity contribution in [1.82, 2.24) is 20.2 Å². The quantitative estimate of drug-likeness (QED) is 0.620. The number of amides is 2. The van der Waals surface area contributed by atoms with E-state index < -0.39 is 24.1 Å². The highest BCUT2D eigenvalue weighted by molar-refractivity contribution is 6.11. The van der Waals surface area contributed by atoms with Gasteiger partial charge in [-0.05, 0) is 30.3 Å². The van der Waals surface area contributed by atoms with Gasteiger partial charge in [-0.25, -0.2) is 14.8 Å². The average molecular weight is 468 g/mol. The lowest BCUT2D eigenvalue weighted by Crippen LogP contribution is -2.42. The fourth-order valence-corrected chi connectivity index (χ4v) is 3.93. The van der Waals surface area contributed by atoms with Crippen molar-refractivity contribution in [3.63, 3.8) is 0 Å². The third-order valence-corrected chi connectivity index (χ3v) is 5.59. The minimum absolute atomic E-state index is 0.0929. The summed E-state index contributed by atoms with van der Waals surface area (Å²) in [5, 5.41) is 2.98. The van der Waals surface area contributed by atoms with Crippen LogP contribution >= 0.6 is 0 Å². The highest BCUT2D eigenvalue weighted by Crippen LogP contribution is 2.40. The van der Waals surface area contributed by atoms with Crippen LogP contribution in [0.2, 0.25) is 0 Å². The lowest BCUT2D eigenvalue weighted by molar-refractivity contribution is -0.137. The Morgan fingerprint density at radius 2 is 2.03 bits per heavy atom. The van der Waals surface area contributed by atoms with E-state index in [2.05, 4.69) is 15.3 Å². The molecule has 1 unspecified atom stereocenters. The average Bonchev–Trinajstić information content (AvgIpc) is 2.84. The number of hydrogen-bond donors (Lipinski definition) is 1. The molecular weight excluding hydrogens is 449 g/mol. The van der Waals surface area contributed by atoms with Crippen LogP contribution in [0.3, 0.4) is 0 Å². The summed E-state index contributed by atoms with van der Waals surface area (Å²) < 4.78 is 45.3. The maximum atomic E-state index is 13.4. The second-order valence-electron chi connectivity index (χ2n) is 7.85. The first-order chi connectivity index (χ1) is 16.3. The smallest absolute Gasteiger partial charge is 0.347 e. The van der Waals surface area contributed by atoms with Gasteiger partial charge < -0.3 is 15.0 Å². The van der Waals surface area contributed by atoms with Gasteiger partial charge in [0.2, 0.25) is 6.35 Å². The molecule has 4 heterocycles. The van der Waals surface area contributed by atoms with Crippen LogP contribution in [0.5, 0.6) is 0 Å². The number of aromatic nitrogens is 2. The summed E-state index contributed by atoms with van der Waals surface area (Å²) in [4.78, 5) is 29.3. The van der Waals surface area contributed by atoms with Gasteiger partial charge in [0.15, 0.2) is 0 Å². The van der Waals surface area contributed by atoms with E-state index in [0.29, 0.717) is 33.6 Å². The molecule has 2 aromatic heterocycles. The number of rotatable bonds is 3. The van der Waals surface area contributed by atoms with Crippen molar-refractivity contribution in [3.05, 3.63) is 65.6 Å². The maximum Gasteiger partial charge on any atom is 0.416 e. The summed E-state index contributed by atoms with van der Waals surface area (Å²) in [6.07, 6.45) is -0.0976. The number of halogens is 3. The number of aliphatic imine (C=N–C) groups is 1. The molecular formula is C23H19F3N6O2. The molecule has 8 nitrogen and oxygen atoms in total. The van der Waals surface area contributed by atoms with E-state index in [9.17, 15) is 18.0 Å². The standard InChI is InChI=1S/C23H19F3N6O2/c1-31-12-14-11-27-18-7-6-17(13-9-28-21(34-2)29-10-13)30-19(18)20(14)32(22(31)33)16-5-3-4-15(8-16)23(24,25)26/h3-11,21,28H,12H2,1-2H3. The van der Waals surface area contributed by atoms with Gasteiger partial charge in [0.25, 0.3) is 0 Å². The Hall–Kier alpha value is -3.99. The van der Waals surface area contributed by atoms with Crippen LogP contribution in [-0.4, -0.2) is 47.6 Å². The molecule has 1 atom stereocenters. The molecule has 2 amide bonds. The second kappa shape index (κ2) is 8.10. The molecule has 0 fully saturated rings. The molecule has 0 radical (unpaired) electrons. The van der Waals surface area contributed by atoms with E-state index in [1.54, 1.807) is 37.8 Å². The lowest BCUT2D eigenvalue weighted by atomic mass is 10.1. The summed E-state index contributed by atoms with van der Waals surface area (Å²) >= 11 is 0. The molecule has 1 aromatic carbocycles. The Balaban J connectivity index is 1.68. The molecule has 2 aliphatic heterocycles.